The summed E-state index contributed by atoms with van der Waals surface area (Å²) in [5, 5.41) is 11.6. The zero-order valence-electron chi connectivity index (χ0n) is 15.8. The Bertz CT molecular complexity index is 1020. The molecule has 3 rings (SSSR count). The van der Waals surface area contributed by atoms with Crippen LogP contribution < -0.4 is 9.64 Å². The van der Waals surface area contributed by atoms with Gasteiger partial charge >= 0.3 is 0 Å². The van der Waals surface area contributed by atoms with Crippen LogP contribution in [-0.4, -0.2) is 55.0 Å². The molecule has 8 nitrogen and oxygen atoms in total. The average molecular weight is 400 g/mol. The number of hydrogen-bond acceptors (Lipinski definition) is 7. The molecule has 9 heteroatoms. The predicted octanol–water partition coefficient (Wildman–Crippen LogP) is 3.42. The van der Waals surface area contributed by atoms with Crippen LogP contribution in [0.4, 0.5) is 10.8 Å². The lowest BCUT2D eigenvalue weighted by molar-refractivity contribution is -0.384. The Morgan fingerprint density at radius 3 is 2.64 bits per heavy atom. The standard InChI is InChI=1S/C19H20N4O4S/c1-21(2)10-11-22(18(24)13-6-4-7-14(12-13)23(25)26)19-20-17-15(27-3)8-5-9-16(17)28-19/h4-9,12H,10-11H2,1-3H3. The number of anilines is 1. The highest BCUT2D eigenvalue weighted by molar-refractivity contribution is 7.22. The molecule has 0 bridgehead atoms. The van der Waals surface area contributed by atoms with Crippen LogP contribution in [0.25, 0.3) is 10.2 Å². The highest BCUT2D eigenvalue weighted by Crippen LogP contribution is 2.34. The number of fused-ring (bicyclic) bond motifs is 1. The Labute approximate surface area is 166 Å². The minimum Gasteiger partial charge on any atom is -0.494 e. The number of carbonyl (C=O) groups excluding carboxylic acids is 1. The van der Waals surface area contributed by atoms with Gasteiger partial charge in [0.1, 0.15) is 11.3 Å². The number of carbonyl (C=O) groups is 1. The number of nitrogens with zero attached hydrogens (tertiary/aromatic N) is 4. The van der Waals surface area contributed by atoms with E-state index in [-0.39, 0.29) is 17.2 Å². The van der Waals surface area contributed by atoms with Gasteiger partial charge < -0.3 is 9.64 Å². The number of thiazole rings is 1. The quantitative estimate of drug-likeness (QED) is 0.446. The predicted molar refractivity (Wildman–Crippen MR) is 109 cm³/mol. The SMILES string of the molecule is COc1cccc2sc(N(CCN(C)C)C(=O)c3cccc([N+](=O)[O-])c3)nc12. The molecule has 1 amide bonds. The van der Waals surface area contributed by atoms with Crippen LogP contribution in [0.1, 0.15) is 10.4 Å². The van der Waals surface area contributed by atoms with Crippen LogP contribution >= 0.6 is 11.3 Å². The van der Waals surface area contributed by atoms with Crippen molar-refractivity contribution in [1.29, 1.82) is 0 Å². The molecule has 1 heterocycles. The highest BCUT2D eigenvalue weighted by atomic mass is 32.1. The van der Waals surface area contributed by atoms with Crippen molar-refractivity contribution < 1.29 is 14.5 Å². The number of nitro benzene ring substituents is 1. The van der Waals surface area contributed by atoms with Crippen molar-refractivity contribution in [1.82, 2.24) is 9.88 Å². The summed E-state index contributed by atoms with van der Waals surface area (Å²) < 4.78 is 6.26. The maximum absolute atomic E-state index is 13.2. The first kappa shape index (κ1) is 19.7. The van der Waals surface area contributed by atoms with Gasteiger partial charge in [0.25, 0.3) is 11.6 Å². The van der Waals surface area contributed by atoms with Crippen molar-refractivity contribution in [3.63, 3.8) is 0 Å². The molecule has 1 aromatic heterocycles. The van der Waals surface area contributed by atoms with Crippen molar-refractivity contribution in [3.05, 3.63) is 58.1 Å². The third-order valence-electron chi connectivity index (χ3n) is 4.14. The molecule has 0 aliphatic carbocycles. The molecule has 0 unspecified atom stereocenters. The van der Waals surface area contributed by atoms with E-state index in [4.69, 9.17) is 4.74 Å². The minimum absolute atomic E-state index is 0.121. The molecule has 3 aromatic rings. The van der Waals surface area contributed by atoms with Gasteiger partial charge in [-0.2, -0.15) is 0 Å². The van der Waals surface area contributed by atoms with E-state index in [1.54, 1.807) is 18.1 Å². The first-order valence-corrected chi connectivity index (χ1v) is 9.37. The fourth-order valence-corrected chi connectivity index (χ4v) is 3.69. The molecule has 0 fully saturated rings. The third-order valence-corrected chi connectivity index (χ3v) is 5.18. The third kappa shape index (κ3) is 4.10. The second-order valence-electron chi connectivity index (χ2n) is 6.37. The number of nitro groups is 1. The molecular weight excluding hydrogens is 380 g/mol. The second-order valence-corrected chi connectivity index (χ2v) is 7.38. The summed E-state index contributed by atoms with van der Waals surface area (Å²) in [6, 6.07) is 11.3. The normalized spacial score (nSPS) is 11.0. The van der Waals surface area contributed by atoms with Crippen molar-refractivity contribution in [2.45, 2.75) is 0 Å². The topological polar surface area (TPSA) is 88.8 Å². The van der Waals surface area contributed by atoms with Crippen LogP contribution in [0, 0.1) is 10.1 Å². The number of amides is 1. The number of likely N-dealkylation sites (N-methyl/N-ethyl adjacent to an activating group) is 1. The van der Waals surface area contributed by atoms with Crippen molar-refractivity contribution in [3.8, 4) is 5.75 Å². The van der Waals surface area contributed by atoms with Crippen molar-refractivity contribution >= 4 is 38.3 Å². The smallest absolute Gasteiger partial charge is 0.270 e. The molecule has 2 aromatic carbocycles. The second kappa shape index (κ2) is 8.32. The summed E-state index contributed by atoms with van der Waals surface area (Å²) >= 11 is 1.38. The van der Waals surface area contributed by atoms with Gasteiger partial charge in [-0.15, -0.1) is 0 Å². The van der Waals surface area contributed by atoms with Gasteiger partial charge in [-0.1, -0.05) is 23.5 Å². The fourth-order valence-electron chi connectivity index (χ4n) is 2.68. The summed E-state index contributed by atoms with van der Waals surface area (Å²) in [7, 11) is 5.40. The maximum Gasteiger partial charge on any atom is 0.270 e. The lowest BCUT2D eigenvalue weighted by Crippen LogP contribution is -2.36. The molecule has 28 heavy (non-hydrogen) atoms. The molecule has 146 valence electrons. The summed E-state index contributed by atoms with van der Waals surface area (Å²) in [6.07, 6.45) is 0. The van der Waals surface area contributed by atoms with E-state index >= 15 is 0 Å². The Morgan fingerprint density at radius 1 is 1.21 bits per heavy atom. The largest absolute Gasteiger partial charge is 0.494 e. The molecular formula is C19H20N4O4S. The molecule has 0 aliphatic rings. The first-order chi connectivity index (χ1) is 13.4. The molecule has 0 atom stereocenters. The Hall–Kier alpha value is -3.04. The van der Waals surface area contributed by atoms with Crippen LogP contribution in [0.5, 0.6) is 5.75 Å². The zero-order chi connectivity index (χ0) is 20.3. The lowest BCUT2D eigenvalue weighted by atomic mass is 10.2. The maximum atomic E-state index is 13.2. The average Bonchev–Trinajstić information content (AvgIpc) is 3.11. The zero-order valence-corrected chi connectivity index (χ0v) is 16.6. The van der Waals surface area contributed by atoms with Gasteiger partial charge in [-0.05, 0) is 32.3 Å². The van der Waals surface area contributed by atoms with Gasteiger partial charge in [0.05, 0.1) is 16.7 Å². The Kier molecular flexibility index (Phi) is 5.86. The van der Waals surface area contributed by atoms with E-state index in [1.165, 1.54) is 29.5 Å². The van der Waals surface area contributed by atoms with Gasteiger partial charge in [-0.25, -0.2) is 4.98 Å². The number of benzene rings is 2. The van der Waals surface area contributed by atoms with Gasteiger partial charge in [0.15, 0.2) is 5.13 Å². The van der Waals surface area contributed by atoms with Crippen LogP contribution in [0.2, 0.25) is 0 Å². The molecule has 0 N–H and O–H groups in total. The van der Waals surface area contributed by atoms with Gasteiger partial charge in [0, 0.05) is 30.8 Å². The molecule has 0 saturated heterocycles. The van der Waals surface area contributed by atoms with E-state index in [1.807, 2.05) is 37.2 Å². The van der Waals surface area contributed by atoms with Crippen LogP contribution in [0.15, 0.2) is 42.5 Å². The van der Waals surface area contributed by atoms with E-state index in [2.05, 4.69) is 4.98 Å². The summed E-state index contributed by atoms with van der Waals surface area (Å²) in [6.45, 7) is 1.02. The van der Waals surface area contributed by atoms with Gasteiger partial charge in [-0.3, -0.25) is 19.8 Å². The number of rotatable bonds is 7. The summed E-state index contributed by atoms with van der Waals surface area (Å²) in [4.78, 5) is 31.9. The van der Waals surface area contributed by atoms with Crippen molar-refractivity contribution in [2.24, 2.45) is 0 Å². The van der Waals surface area contributed by atoms with Crippen LogP contribution in [0.3, 0.4) is 0 Å². The number of para-hydroxylation sites is 1. The van der Waals surface area contributed by atoms with E-state index < -0.39 is 4.92 Å². The Balaban J connectivity index is 2.03. The fraction of sp³-hybridized carbons (Fsp3) is 0.263. The summed E-state index contributed by atoms with van der Waals surface area (Å²) in [5.41, 5.74) is 0.815. The van der Waals surface area contributed by atoms with Crippen molar-refractivity contribution in [2.75, 3.05) is 39.2 Å². The monoisotopic (exact) mass is 400 g/mol. The molecule has 0 radical (unpaired) electrons. The van der Waals surface area contributed by atoms with E-state index in [0.29, 0.717) is 29.5 Å². The number of aromatic nitrogens is 1. The molecule has 0 spiro atoms. The molecule has 0 saturated carbocycles. The Morgan fingerprint density at radius 2 is 1.96 bits per heavy atom. The number of non-ortho nitro benzene ring substituents is 1. The number of ether oxygens (including phenoxy) is 1. The van der Waals surface area contributed by atoms with Crippen LogP contribution in [-0.2, 0) is 0 Å². The van der Waals surface area contributed by atoms with Gasteiger partial charge in [0.2, 0.25) is 0 Å². The minimum atomic E-state index is -0.510. The van der Waals surface area contributed by atoms with E-state index in [9.17, 15) is 14.9 Å². The lowest BCUT2D eigenvalue weighted by Gasteiger charge is -2.22. The highest BCUT2D eigenvalue weighted by Gasteiger charge is 2.23. The van der Waals surface area contributed by atoms with E-state index in [0.717, 1.165) is 4.70 Å². The molecule has 0 aliphatic heterocycles. The number of methoxy groups -OCH3 is 1. The first-order valence-electron chi connectivity index (χ1n) is 8.55. The number of hydrogen-bond donors (Lipinski definition) is 0. The summed E-state index contributed by atoms with van der Waals surface area (Å²) in [5.74, 6) is 0.305.